The Morgan fingerprint density at radius 3 is 2.60 bits per heavy atom. The third-order valence-corrected chi connectivity index (χ3v) is 2.10. The van der Waals surface area contributed by atoms with Gasteiger partial charge in [0.15, 0.2) is 6.23 Å². The summed E-state index contributed by atoms with van der Waals surface area (Å²) in [5.74, 6) is -0.286. The van der Waals surface area contributed by atoms with Crippen molar-refractivity contribution in [1.29, 1.82) is 0 Å². The average molecular weight is 228 g/mol. The fourth-order valence-corrected chi connectivity index (χ4v) is 1.28. The molecule has 0 radical (unpaired) electrons. The van der Waals surface area contributed by atoms with Gasteiger partial charge in [0.2, 0.25) is 0 Å². The average Bonchev–Trinajstić information content (AvgIpc) is 2.16. The van der Waals surface area contributed by atoms with Gasteiger partial charge in [0.25, 0.3) is 0 Å². The highest BCUT2D eigenvalue weighted by atomic mass is 35.5. The van der Waals surface area contributed by atoms with E-state index in [9.17, 15) is 4.79 Å². The molecule has 0 spiro atoms. The largest absolute Gasteiger partial charge is 0.447 e. The van der Waals surface area contributed by atoms with Crippen molar-refractivity contribution in [3.63, 3.8) is 0 Å². The van der Waals surface area contributed by atoms with Crippen LogP contribution in [-0.2, 0) is 16.1 Å². The van der Waals surface area contributed by atoms with E-state index in [0.29, 0.717) is 11.6 Å². The highest BCUT2D eigenvalue weighted by molar-refractivity contribution is 6.30. The number of hydrogen-bond acceptors (Lipinski definition) is 3. The second-order valence-corrected chi connectivity index (χ2v) is 3.70. The number of rotatable bonds is 4. The van der Waals surface area contributed by atoms with Crippen molar-refractivity contribution in [2.24, 2.45) is 0 Å². The summed E-state index contributed by atoms with van der Waals surface area (Å²) in [6, 6.07) is 7.51. The Hall–Kier alpha value is -1.06. The molecule has 0 saturated carbocycles. The first kappa shape index (κ1) is 12.0. The number of esters is 1. The van der Waals surface area contributed by atoms with Gasteiger partial charge in [-0.2, -0.15) is 0 Å². The molecule has 1 rings (SSSR count). The van der Waals surface area contributed by atoms with Crippen molar-refractivity contribution in [3.8, 4) is 0 Å². The molecule has 0 aliphatic heterocycles. The predicted molar refractivity (Wildman–Crippen MR) is 59.5 cm³/mol. The Kier molecular flexibility index (Phi) is 4.59. The summed E-state index contributed by atoms with van der Waals surface area (Å²) in [6.45, 7) is 3.82. The monoisotopic (exact) mass is 227 g/mol. The Bertz CT molecular complexity index is 324. The molecule has 0 aromatic heterocycles. The number of carbonyl (C=O) groups is 1. The molecule has 15 heavy (non-hydrogen) atoms. The number of benzene rings is 1. The van der Waals surface area contributed by atoms with Crippen molar-refractivity contribution in [1.82, 2.24) is 5.32 Å². The van der Waals surface area contributed by atoms with E-state index in [1.165, 1.54) is 6.92 Å². The van der Waals surface area contributed by atoms with E-state index in [-0.39, 0.29) is 12.2 Å². The van der Waals surface area contributed by atoms with Crippen molar-refractivity contribution < 1.29 is 9.53 Å². The standard InChI is InChI=1S/C11H14ClNO2/c1-8(15-9(2)14)13-7-10-3-5-11(12)6-4-10/h3-6,8,13H,7H2,1-2H3. The van der Waals surface area contributed by atoms with Gasteiger partial charge in [-0.15, -0.1) is 0 Å². The summed E-state index contributed by atoms with van der Waals surface area (Å²) in [5, 5.41) is 3.78. The van der Waals surface area contributed by atoms with E-state index in [0.717, 1.165) is 5.56 Å². The minimum Gasteiger partial charge on any atom is -0.447 e. The number of hydrogen-bond donors (Lipinski definition) is 1. The van der Waals surface area contributed by atoms with Crippen LogP contribution in [0.2, 0.25) is 5.02 Å². The first-order valence-corrected chi connectivity index (χ1v) is 5.11. The van der Waals surface area contributed by atoms with Crippen molar-refractivity contribution in [2.45, 2.75) is 26.6 Å². The zero-order valence-electron chi connectivity index (χ0n) is 8.79. The molecular formula is C11H14ClNO2. The van der Waals surface area contributed by atoms with E-state index in [1.807, 2.05) is 24.3 Å². The molecule has 0 heterocycles. The van der Waals surface area contributed by atoms with Gasteiger partial charge in [-0.05, 0) is 24.6 Å². The second kappa shape index (κ2) is 5.73. The molecular weight excluding hydrogens is 214 g/mol. The molecule has 82 valence electrons. The van der Waals surface area contributed by atoms with Gasteiger partial charge in [-0.1, -0.05) is 23.7 Å². The fourth-order valence-electron chi connectivity index (χ4n) is 1.15. The van der Waals surface area contributed by atoms with E-state index in [2.05, 4.69) is 5.32 Å². The lowest BCUT2D eigenvalue weighted by Gasteiger charge is -2.13. The lowest BCUT2D eigenvalue weighted by Crippen LogP contribution is -2.29. The van der Waals surface area contributed by atoms with Gasteiger partial charge >= 0.3 is 5.97 Å². The Labute approximate surface area is 94.4 Å². The quantitative estimate of drug-likeness (QED) is 0.634. The van der Waals surface area contributed by atoms with Crippen LogP contribution in [0, 0.1) is 0 Å². The number of halogens is 1. The molecule has 3 nitrogen and oxygen atoms in total. The molecule has 1 aromatic carbocycles. The predicted octanol–water partition coefficient (Wildman–Crippen LogP) is 2.34. The molecule has 1 aromatic rings. The summed E-state index contributed by atoms with van der Waals surface area (Å²) < 4.78 is 4.92. The van der Waals surface area contributed by atoms with Crippen LogP contribution in [-0.4, -0.2) is 12.2 Å². The molecule has 1 atom stereocenters. The van der Waals surface area contributed by atoms with Crippen LogP contribution in [0.25, 0.3) is 0 Å². The van der Waals surface area contributed by atoms with Crippen LogP contribution in [0.1, 0.15) is 19.4 Å². The maximum atomic E-state index is 10.6. The number of ether oxygens (including phenoxy) is 1. The Morgan fingerprint density at radius 2 is 2.07 bits per heavy atom. The third kappa shape index (κ3) is 4.81. The highest BCUT2D eigenvalue weighted by Gasteiger charge is 2.03. The zero-order valence-corrected chi connectivity index (χ0v) is 9.54. The third-order valence-electron chi connectivity index (χ3n) is 1.85. The Balaban J connectivity index is 2.36. The molecule has 0 bridgehead atoms. The summed E-state index contributed by atoms with van der Waals surface area (Å²) in [5.41, 5.74) is 1.10. The molecule has 0 amide bonds. The minimum atomic E-state index is -0.286. The van der Waals surface area contributed by atoms with Crippen LogP contribution >= 0.6 is 11.6 Å². The van der Waals surface area contributed by atoms with Crippen LogP contribution in [0.5, 0.6) is 0 Å². The van der Waals surface area contributed by atoms with Crippen LogP contribution in [0.15, 0.2) is 24.3 Å². The first-order valence-electron chi connectivity index (χ1n) is 4.73. The van der Waals surface area contributed by atoms with E-state index < -0.39 is 0 Å². The molecule has 4 heteroatoms. The number of carbonyl (C=O) groups excluding carboxylic acids is 1. The summed E-state index contributed by atoms with van der Waals surface area (Å²) >= 11 is 5.75. The second-order valence-electron chi connectivity index (χ2n) is 3.26. The lowest BCUT2D eigenvalue weighted by atomic mass is 10.2. The minimum absolute atomic E-state index is 0.279. The molecule has 0 fully saturated rings. The van der Waals surface area contributed by atoms with Crippen molar-refractivity contribution in [2.75, 3.05) is 0 Å². The number of nitrogens with one attached hydrogen (secondary N) is 1. The molecule has 1 unspecified atom stereocenters. The Morgan fingerprint density at radius 1 is 1.47 bits per heavy atom. The van der Waals surface area contributed by atoms with Crippen LogP contribution < -0.4 is 5.32 Å². The van der Waals surface area contributed by atoms with Crippen LogP contribution in [0.4, 0.5) is 0 Å². The maximum Gasteiger partial charge on any atom is 0.304 e. The van der Waals surface area contributed by atoms with Crippen molar-refractivity contribution >= 4 is 17.6 Å². The smallest absolute Gasteiger partial charge is 0.304 e. The zero-order chi connectivity index (χ0) is 11.3. The topological polar surface area (TPSA) is 38.3 Å². The van der Waals surface area contributed by atoms with E-state index in [4.69, 9.17) is 16.3 Å². The van der Waals surface area contributed by atoms with Crippen LogP contribution in [0.3, 0.4) is 0 Å². The van der Waals surface area contributed by atoms with Gasteiger partial charge in [-0.3, -0.25) is 10.1 Å². The molecule has 0 aliphatic rings. The van der Waals surface area contributed by atoms with E-state index >= 15 is 0 Å². The molecule has 1 N–H and O–H groups in total. The fraction of sp³-hybridized carbons (Fsp3) is 0.364. The van der Waals surface area contributed by atoms with Gasteiger partial charge in [0.1, 0.15) is 0 Å². The van der Waals surface area contributed by atoms with Gasteiger partial charge in [0.05, 0.1) is 0 Å². The normalized spacial score (nSPS) is 12.2. The van der Waals surface area contributed by atoms with Crippen molar-refractivity contribution in [3.05, 3.63) is 34.9 Å². The first-order chi connectivity index (χ1) is 7.08. The SMILES string of the molecule is CC(=O)OC(C)NCc1ccc(Cl)cc1. The van der Waals surface area contributed by atoms with E-state index in [1.54, 1.807) is 6.92 Å². The highest BCUT2D eigenvalue weighted by Crippen LogP contribution is 2.09. The lowest BCUT2D eigenvalue weighted by molar-refractivity contribution is -0.146. The summed E-state index contributed by atoms with van der Waals surface area (Å²) in [6.07, 6.45) is -0.279. The van der Waals surface area contributed by atoms with Gasteiger partial charge in [0, 0.05) is 18.5 Å². The maximum absolute atomic E-state index is 10.6. The summed E-state index contributed by atoms with van der Waals surface area (Å²) in [4.78, 5) is 10.6. The van der Waals surface area contributed by atoms with Gasteiger partial charge in [-0.25, -0.2) is 0 Å². The molecule has 0 aliphatic carbocycles. The molecule has 0 saturated heterocycles. The summed E-state index contributed by atoms with van der Waals surface area (Å²) in [7, 11) is 0. The van der Waals surface area contributed by atoms with Gasteiger partial charge < -0.3 is 4.74 Å².